The number of hydrogen-bond acceptors (Lipinski definition) is 4. The Labute approximate surface area is 117 Å². The summed E-state index contributed by atoms with van der Waals surface area (Å²) in [5, 5.41) is 14.6. The Hall–Kier alpha value is -0.520. The predicted molar refractivity (Wildman–Crippen MR) is 78.6 cm³/mol. The van der Waals surface area contributed by atoms with Crippen molar-refractivity contribution in [1.82, 2.24) is 5.32 Å². The fourth-order valence-corrected chi connectivity index (χ4v) is 3.76. The van der Waals surface area contributed by atoms with Crippen molar-refractivity contribution in [3.8, 4) is 0 Å². The highest BCUT2D eigenvalue weighted by molar-refractivity contribution is 8.01. The van der Waals surface area contributed by atoms with Crippen molar-refractivity contribution in [2.24, 2.45) is 0 Å². The van der Waals surface area contributed by atoms with Gasteiger partial charge in [-0.2, -0.15) is 0 Å². The molecule has 18 heavy (non-hydrogen) atoms. The molecule has 0 spiro atoms. The van der Waals surface area contributed by atoms with E-state index in [4.69, 9.17) is 0 Å². The number of hydrogen-bond donors (Lipinski definition) is 2. The van der Waals surface area contributed by atoms with Crippen LogP contribution in [0, 0.1) is 0 Å². The van der Waals surface area contributed by atoms with E-state index in [0.717, 1.165) is 12.2 Å². The average Bonchev–Trinajstić information content (AvgIpc) is 2.86. The standard InChI is InChI=1S/C13H21NO2S2/c1-3-13(12(15)16,14-4-2)8-6-10-18-11-7-5-9-17-11/h5,7,9,14H,3-4,6,8,10H2,1-2H3,(H,15,16). The number of aliphatic carboxylic acids is 1. The van der Waals surface area contributed by atoms with Crippen molar-refractivity contribution < 1.29 is 9.90 Å². The normalized spacial score (nSPS) is 14.3. The molecular weight excluding hydrogens is 266 g/mol. The molecular formula is C13H21NO2S2. The molecule has 2 N–H and O–H groups in total. The van der Waals surface area contributed by atoms with Crippen LogP contribution in [0.2, 0.25) is 0 Å². The van der Waals surface area contributed by atoms with Crippen LogP contribution < -0.4 is 5.32 Å². The minimum atomic E-state index is -0.745. The highest BCUT2D eigenvalue weighted by Crippen LogP contribution is 2.26. The smallest absolute Gasteiger partial charge is 0.323 e. The summed E-state index contributed by atoms with van der Waals surface area (Å²) in [7, 11) is 0. The molecule has 0 aliphatic heterocycles. The molecule has 1 atom stereocenters. The van der Waals surface area contributed by atoms with E-state index in [-0.39, 0.29) is 0 Å². The molecule has 3 nitrogen and oxygen atoms in total. The first-order valence-electron chi connectivity index (χ1n) is 6.29. The van der Waals surface area contributed by atoms with Gasteiger partial charge in [-0.15, -0.1) is 23.1 Å². The topological polar surface area (TPSA) is 49.3 Å². The number of nitrogens with one attached hydrogen (secondary N) is 1. The van der Waals surface area contributed by atoms with Gasteiger partial charge in [-0.05, 0) is 43.0 Å². The molecule has 5 heteroatoms. The van der Waals surface area contributed by atoms with E-state index in [1.807, 2.05) is 19.9 Å². The summed E-state index contributed by atoms with van der Waals surface area (Å²) < 4.78 is 1.30. The van der Waals surface area contributed by atoms with Crippen molar-refractivity contribution in [2.75, 3.05) is 12.3 Å². The number of thioether (sulfide) groups is 1. The zero-order valence-electron chi connectivity index (χ0n) is 10.9. The number of rotatable bonds is 9. The molecule has 0 saturated carbocycles. The van der Waals surface area contributed by atoms with Crippen LogP contribution in [-0.2, 0) is 4.79 Å². The van der Waals surface area contributed by atoms with Gasteiger partial charge in [0, 0.05) is 0 Å². The van der Waals surface area contributed by atoms with Gasteiger partial charge in [-0.25, -0.2) is 0 Å². The molecule has 1 rings (SSSR count). The van der Waals surface area contributed by atoms with Crippen molar-refractivity contribution in [3.63, 3.8) is 0 Å². The van der Waals surface area contributed by atoms with E-state index in [2.05, 4.69) is 16.8 Å². The van der Waals surface area contributed by atoms with Crippen LogP contribution in [0.3, 0.4) is 0 Å². The first-order chi connectivity index (χ1) is 8.64. The Morgan fingerprint density at radius 3 is 2.83 bits per heavy atom. The molecule has 1 heterocycles. The average molecular weight is 287 g/mol. The van der Waals surface area contributed by atoms with Crippen molar-refractivity contribution in [2.45, 2.75) is 42.9 Å². The molecule has 0 saturated heterocycles. The monoisotopic (exact) mass is 287 g/mol. The Morgan fingerprint density at radius 2 is 2.33 bits per heavy atom. The Morgan fingerprint density at radius 1 is 1.56 bits per heavy atom. The third-order valence-corrected chi connectivity index (χ3v) is 5.23. The fraction of sp³-hybridized carbons (Fsp3) is 0.615. The summed E-state index contributed by atoms with van der Waals surface area (Å²) in [5.74, 6) is 0.244. The van der Waals surface area contributed by atoms with Crippen LogP contribution in [-0.4, -0.2) is 28.9 Å². The van der Waals surface area contributed by atoms with E-state index in [9.17, 15) is 9.90 Å². The Kier molecular flexibility index (Phi) is 6.75. The van der Waals surface area contributed by atoms with Crippen LogP contribution in [0.25, 0.3) is 0 Å². The maximum absolute atomic E-state index is 11.4. The summed E-state index contributed by atoms with van der Waals surface area (Å²) in [4.78, 5) is 11.4. The minimum absolute atomic E-state index is 0.625. The van der Waals surface area contributed by atoms with Crippen molar-refractivity contribution in [1.29, 1.82) is 0 Å². The molecule has 1 aromatic heterocycles. The van der Waals surface area contributed by atoms with E-state index < -0.39 is 11.5 Å². The molecule has 0 radical (unpaired) electrons. The van der Waals surface area contributed by atoms with Gasteiger partial charge in [-0.1, -0.05) is 19.9 Å². The van der Waals surface area contributed by atoms with Crippen LogP contribution in [0.15, 0.2) is 21.7 Å². The summed E-state index contributed by atoms with van der Waals surface area (Å²) in [6.07, 6.45) is 2.22. The number of likely N-dealkylation sites (N-methyl/N-ethyl adjacent to an activating group) is 1. The largest absolute Gasteiger partial charge is 0.480 e. The van der Waals surface area contributed by atoms with Gasteiger partial charge in [0.05, 0.1) is 4.21 Å². The minimum Gasteiger partial charge on any atom is -0.480 e. The lowest BCUT2D eigenvalue weighted by Crippen LogP contribution is -2.51. The Balaban J connectivity index is 2.39. The molecule has 0 bridgehead atoms. The fourth-order valence-electron chi connectivity index (χ4n) is 1.95. The molecule has 102 valence electrons. The van der Waals surface area contributed by atoms with Crippen molar-refractivity contribution >= 4 is 29.1 Å². The van der Waals surface area contributed by atoms with E-state index >= 15 is 0 Å². The highest BCUT2D eigenvalue weighted by Gasteiger charge is 2.34. The van der Waals surface area contributed by atoms with Crippen LogP contribution in [0.4, 0.5) is 0 Å². The SMILES string of the molecule is CCNC(CC)(CCCSc1cccs1)C(=O)O. The van der Waals surface area contributed by atoms with Gasteiger partial charge < -0.3 is 10.4 Å². The predicted octanol–water partition coefficient (Wildman–Crippen LogP) is 3.46. The van der Waals surface area contributed by atoms with Gasteiger partial charge >= 0.3 is 5.97 Å². The molecule has 0 aliphatic rings. The number of carboxylic acid groups (broad SMARTS) is 1. The zero-order valence-corrected chi connectivity index (χ0v) is 12.6. The summed E-state index contributed by atoms with van der Waals surface area (Å²) in [6, 6.07) is 4.14. The lowest BCUT2D eigenvalue weighted by atomic mass is 9.91. The Bertz CT molecular complexity index is 354. The number of thiophene rings is 1. The first-order valence-corrected chi connectivity index (χ1v) is 8.16. The second-order valence-corrected chi connectivity index (χ2v) is 6.50. The molecule has 0 fully saturated rings. The number of carbonyl (C=O) groups is 1. The molecule has 1 unspecified atom stereocenters. The van der Waals surface area contributed by atoms with E-state index in [0.29, 0.717) is 19.4 Å². The van der Waals surface area contributed by atoms with E-state index in [1.165, 1.54) is 4.21 Å². The summed E-state index contributed by atoms with van der Waals surface area (Å²) >= 11 is 3.54. The van der Waals surface area contributed by atoms with Crippen LogP contribution in [0.1, 0.15) is 33.1 Å². The zero-order chi connectivity index (χ0) is 13.4. The molecule has 0 aromatic carbocycles. The van der Waals surface area contributed by atoms with Crippen LogP contribution >= 0.6 is 23.1 Å². The summed E-state index contributed by atoms with van der Waals surface area (Å²) in [6.45, 7) is 4.58. The van der Waals surface area contributed by atoms with Crippen LogP contribution in [0.5, 0.6) is 0 Å². The maximum atomic E-state index is 11.4. The quantitative estimate of drug-likeness (QED) is 0.539. The highest BCUT2D eigenvalue weighted by atomic mass is 32.2. The lowest BCUT2D eigenvalue weighted by Gasteiger charge is -2.29. The van der Waals surface area contributed by atoms with Gasteiger partial charge in [0.1, 0.15) is 5.54 Å². The van der Waals surface area contributed by atoms with E-state index in [1.54, 1.807) is 23.1 Å². The first kappa shape index (κ1) is 15.5. The van der Waals surface area contributed by atoms with Gasteiger partial charge in [0.15, 0.2) is 0 Å². The number of carboxylic acids is 1. The third-order valence-electron chi connectivity index (χ3n) is 3.02. The third kappa shape index (κ3) is 4.30. The van der Waals surface area contributed by atoms with Gasteiger partial charge in [0.25, 0.3) is 0 Å². The molecule has 0 aliphatic carbocycles. The van der Waals surface area contributed by atoms with Gasteiger partial charge in [-0.3, -0.25) is 4.79 Å². The second-order valence-electron chi connectivity index (χ2n) is 4.16. The molecule has 1 aromatic rings. The lowest BCUT2D eigenvalue weighted by molar-refractivity contribution is -0.145. The van der Waals surface area contributed by atoms with Crippen molar-refractivity contribution in [3.05, 3.63) is 17.5 Å². The second kappa shape index (κ2) is 7.81. The van der Waals surface area contributed by atoms with Gasteiger partial charge in [0.2, 0.25) is 0 Å². The maximum Gasteiger partial charge on any atom is 0.323 e. The summed E-state index contributed by atoms with van der Waals surface area (Å²) in [5.41, 5.74) is -0.745. The molecule has 0 amide bonds.